The number of amides is 1. The van der Waals surface area contributed by atoms with Gasteiger partial charge in [0.2, 0.25) is 0 Å². The van der Waals surface area contributed by atoms with Crippen LogP contribution in [0.1, 0.15) is 27.6 Å². The number of ether oxygens (including phenoxy) is 1. The summed E-state index contributed by atoms with van der Waals surface area (Å²) in [6.07, 6.45) is 0. The Morgan fingerprint density at radius 2 is 1.78 bits per heavy atom. The molecule has 0 aliphatic heterocycles. The van der Waals surface area contributed by atoms with E-state index in [9.17, 15) is 9.59 Å². The van der Waals surface area contributed by atoms with Crippen molar-refractivity contribution in [3.05, 3.63) is 65.7 Å². The molecule has 0 fully saturated rings. The average Bonchev–Trinajstić information content (AvgIpc) is 3.04. The number of methoxy groups -OCH3 is 1. The number of H-pyrrole nitrogens is 1. The van der Waals surface area contributed by atoms with Crippen LogP contribution in [0.2, 0.25) is 0 Å². The van der Waals surface area contributed by atoms with Gasteiger partial charge in [-0.05, 0) is 48.4 Å². The minimum atomic E-state index is -0.511. The fourth-order valence-corrected chi connectivity index (χ4v) is 3.39. The number of nitrogens with one attached hydrogen (secondary N) is 1. The molecule has 0 radical (unpaired) electrons. The van der Waals surface area contributed by atoms with Gasteiger partial charge in [-0.2, -0.15) is 0 Å². The van der Waals surface area contributed by atoms with Gasteiger partial charge in [-0.15, -0.1) is 0 Å². The quantitative estimate of drug-likeness (QED) is 0.533. The Labute approximate surface area is 155 Å². The molecule has 0 aliphatic rings. The first kappa shape index (κ1) is 16.8. The Balaban J connectivity index is 2.03. The number of rotatable bonds is 4. The van der Waals surface area contributed by atoms with E-state index in [4.69, 9.17) is 10.5 Å². The van der Waals surface area contributed by atoms with E-state index in [0.717, 1.165) is 33.2 Å². The SMILES string of the molecule is COc1cccc(-c2cc(C(N)=O)c3[nH]c4cc(C(C)=O)ccc4c3c2)c1. The van der Waals surface area contributed by atoms with Crippen LogP contribution in [0.15, 0.2) is 54.6 Å². The molecule has 4 aromatic rings. The van der Waals surface area contributed by atoms with Gasteiger partial charge in [0.15, 0.2) is 5.78 Å². The first-order valence-electron chi connectivity index (χ1n) is 8.52. The van der Waals surface area contributed by atoms with Crippen LogP contribution < -0.4 is 10.5 Å². The molecule has 27 heavy (non-hydrogen) atoms. The van der Waals surface area contributed by atoms with Crippen LogP contribution in [-0.4, -0.2) is 23.8 Å². The van der Waals surface area contributed by atoms with Crippen LogP contribution in [0.25, 0.3) is 32.9 Å². The molecule has 1 amide bonds. The Hall–Kier alpha value is -3.60. The molecule has 0 saturated carbocycles. The molecule has 5 nitrogen and oxygen atoms in total. The number of Topliss-reactive ketones (excluding diaryl/α,β-unsaturated/α-hetero) is 1. The van der Waals surface area contributed by atoms with Gasteiger partial charge < -0.3 is 15.5 Å². The molecule has 0 spiro atoms. The third-order valence-electron chi connectivity index (χ3n) is 4.78. The maximum absolute atomic E-state index is 12.1. The zero-order valence-electron chi connectivity index (χ0n) is 15.0. The van der Waals surface area contributed by atoms with Crippen molar-refractivity contribution >= 4 is 33.5 Å². The Kier molecular flexibility index (Phi) is 3.92. The molecule has 5 heteroatoms. The first-order chi connectivity index (χ1) is 13.0. The molecule has 0 saturated heterocycles. The highest BCUT2D eigenvalue weighted by atomic mass is 16.5. The van der Waals surface area contributed by atoms with Crippen molar-refractivity contribution in [1.82, 2.24) is 4.98 Å². The summed E-state index contributed by atoms with van der Waals surface area (Å²) in [5, 5.41) is 1.82. The largest absolute Gasteiger partial charge is 0.497 e. The van der Waals surface area contributed by atoms with E-state index >= 15 is 0 Å². The van der Waals surface area contributed by atoms with Gasteiger partial charge in [0.05, 0.1) is 18.2 Å². The van der Waals surface area contributed by atoms with Gasteiger partial charge in [-0.25, -0.2) is 0 Å². The van der Waals surface area contributed by atoms with Gasteiger partial charge in [0, 0.05) is 21.9 Å². The summed E-state index contributed by atoms with van der Waals surface area (Å²) >= 11 is 0. The summed E-state index contributed by atoms with van der Waals surface area (Å²) in [5.41, 5.74) is 9.92. The molecule has 0 unspecified atom stereocenters. The van der Waals surface area contributed by atoms with Crippen LogP contribution in [-0.2, 0) is 0 Å². The molecule has 1 heterocycles. The number of carbonyl (C=O) groups excluding carboxylic acids is 2. The lowest BCUT2D eigenvalue weighted by Gasteiger charge is -2.08. The number of aromatic amines is 1. The van der Waals surface area contributed by atoms with Crippen LogP contribution in [0, 0.1) is 0 Å². The molecule has 134 valence electrons. The lowest BCUT2D eigenvalue weighted by atomic mass is 9.98. The molecule has 4 rings (SSSR count). The summed E-state index contributed by atoms with van der Waals surface area (Å²) in [6.45, 7) is 1.53. The van der Waals surface area contributed by atoms with Gasteiger partial charge >= 0.3 is 0 Å². The predicted octanol–water partition coefficient (Wildman–Crippen LogP) is 4.30. The minimum absolute atomic E-state index is 0.0113. The fourth-order valence-electron chi connectivity index (χ4n) is 3.39. The molecule has 0 bridgehead atoms. The third-order valence-corrected chi connectivity index (χ3v) is 4.78. The minimum Gasteiger partial charge on any atom is -0.497 e. The summed E-state index contributed by atoms with van der Waals surface area (Å²) < 4.78 is 5.30. The number of hydrogen-bond donors (Lipinski definition) is 2. The first-order valence-corrected chi connectivity index (χ1v) is 8.52. The summed E-state index contributed by atoms with van der Waals surface area (Å²) in [6, 6.07) is 16.9. The highest BCUT2D eigenvalue weighted by Gasteiger charge is 2.15. The van der Waals surface area contributed by atoms with E-state index in [2.05, 4.69) is 4.98 Å². The number of benzene rings is 3. The van der Waals surface area contributed by atoms with Crippen molar-refractivity contribution in [3.8, 4) is 16.9 Å². The molecular weight excluding hydrogens is 340 g/mol. The molecule has 3 aromatic carbocycles. The molecule has 0 aliphatic carbocycles. The summed E-state index contributed by atoms with van der Waals surface area (Å²) in [5.74, 6) is 0.212. The average molecular weight is 358 g/mol. The standard InChI is InChI=1S/C22H18N2O3/c1-12(25)13-6-7-17-18-9-15(14-4-3-5-16(8-14)27-2)10-19(22(23)26)21(18)24-20(17)11-13/h3-11,24H,1-2H3,(H2,23,26). The Morgan fingerprint density at radius 1 is 0.963 bits per heavy atom. The highest BCUT2D eigenvalue weighted by molar-refractivity contribution is 6.17. The second kappa shape index (κ2) is 6.29. The number of primary amides is 1. The van der Waals surface area contributed by atoms with E-state index < -0.39 is 5.91 Å². The number of ketones is 1. The van der Waals surface area contributed by atoms with E-state index in [1.54, 1.807) is 25.3 Å². The van der Waals surface area contributed by atoms with Gasteiger partial charge in [0.1, 0.15) is 5.75 Å². The van der Waals surface area contributed by atoms with Gasteiger partial charge in [-0.3, -0.25) is 9.59 Å². The topological polar surface area (TPSA) is 85.2 Å². The van der Waals surface area contributed by atoms with Crippen molar-refractivity contribution in [2.24, 2.45) is 5.73 Å². The number of aromatic nitrogens is 1. The van der Waals surface area contributed by atoms with E-state index in [1.165, 1.54) is 6.92 Å². The zero-order chi connectivity index (χ0) is 19.1. The van der Waals surface area contributed by atoms with Crippen molar-refractivity contribution in [2.75, 3.05) is 7.11 Å². The third kappa shape index (κ3) is 2.83. The molecule has 1 aromatic heterocycles. The monoisotopic (exact) mass is 358 g/mol. The zero-order valence-corrected chi connectivity index (χ0v) is 15.0. The lowest BCUT2D eigenvalue weighted by molar-refractivity contribution is 0.0997. The molecule has 3 N–H and O–H groups in total. The number of fused-ring (bicyclic) bond motifs is 3. The Morgan fingerprint density at radius 3 is 2.48 bits per heavy atom. The van der Waals surface area contributed by atoms with Gasteiger partial charge in [0.25, 0.3) is 5.91 Å². The lowest BCUT2D eigenvalue weighted by Crippen LogP contribution is -2.11. The Bertz CT molecular complexity index is 1220. The summed E-state index contributed by atoms with van der Waals surface area (Å²) in [7, 11) is 1.61. The van der Waals surface area contributed by atoms with Crippen molar-refractivity contribution in [3.63, 3.8) is 0 Å². The second-order valence-corrected chi connectivity index (χ2v) is 6.48. The smallest absolute Gasteiger partial charge is 0.250 e. The molecular formula is C22H18N2O3. The maximum Gasteiger partial charge on any atom is 0.250 e. The van der Waals surface area contributed by atoms with Crippen molar-refractivity contribution in [1.29, 1.82) is 0 Å². The normalized spacial score (nSPS) is 11.0. The van der Waals surface area contributed by atoms with E-state index in [-0.39, 0.29) is 5.78 Å². The highest BCUT2D eigenvalue weighted by Crippen LogP contribution is 2.34. The molecule has 0 atom stereocenters. The fraction of sp³-hybridized carbons (Fsp3) is 0.0909. The van der Waals surface area contributed by atoms with Crippen molar-refractivity contribution in [2.45, 2.75) is 6.92 Å². The number of hydrogen-bond acceptors (Lipinski definition) is 3. The number of nitrogens with two attached hydrogens (primary N) is 1. The predicted molar refractivity (Wildman–Crippen MR) is 106 cm³/mol. The summed E-state index contributed by atoms with van der Waals surface area (Å²) in [4.78, 5) is 27.0. The van der Waals surface area contributed by atoms with Crippen LogP contribution in [0.3, 0.4) is 0 Å². The second-order valence-electron chi connectivity index (χ2n) is 6.48. The van der Waals surface area contributed by atoms with Gasteiger partial charge in [-0.1, -0.05) is 24.3 Å². The maximum atomic E-state index is 12.1. The van der Waals surface area contributed by atoms with Crippen LogP contribution in [0.5, 0.6) is 5.75 Å². The van der Waals surface area contributed by atoms with Crippen LogP contribution in [0.4, 0.5) is 0 Å². The van der Waals surface area contributed by atoms with E-state index in [0.29, 0.717) is 16.6 Å². The van der Waals surface area contributed by atoms with Crippen LogP contribution >= 0.6 is 0 Å². The number of carbonyl (C=O) groups is 2. The van der Waals surface area contributed by atoms with E-state index in [1.807, 2.05) is 36.4 Å². The van der Waals surface area contributed by atoms with Crippen molar-refractivity contribution < 1.29 is 14.3 Å².